The standard InChI is InChI=1S/C25H21F6N7O2/c1-2-40-19-5-3-18(4-6-19)38-22-20(34-35-38)21(32-14-33-22)36-7-9-37(10-8-36)23(39)15-11-16(24(26,27)28)13-17(12-15)25(29,30)31/h3-6,11-14H,2,7-10H2,1H3. The number of hydrogen-bond acceptors (Lipinski definition) is 7. The fourth-order valence-corrected chi connectivity index (χ4v) is 4.37. The Hall–Kier alpha value is -4.43. The maximum atomic E-state index is 13.2. The van der Waals surface area contributed by atoms with Crippen LogP contribution in [0.1, 0.15) is 28.4 Å². The summed E-state index contributed by atoms with van der Waals surface area (Å²) in [6, 6.07) is 8.04. The first-order chi connectivity index (χ1) is 19.0. The van der Waals surface area contributed by atoms with Crippen LogP contribution in [0.3, 0.4) is 0 Å². The second kappa shape index (κ2) is 10.3. The van der Waals surface area contributed by atoms with Crippen molar-refractivity contribution >= 4 is 22.9 Å². The number of piperazine rings is 1. The van der Waals surface area contributed by atoms with Gasteiger partial charge in [0.25, 0.3) is 5.91 Å². The van der Waals surface area contributed by atoms with Crippen LogP contribution in [0.25, 0.3) is 16.9 Å². The molecule has 0 radical (unpaired) electrons. The molecule has 5 rings (SSSR count). The van der Waals surface area contributed by atoms with Gasteiger partial charge < -0.3 is 14.5 Å². The number of benzene rings is 2. The molecule has 1 aliphatic rings. The lowest BCUT2D eigenvalue weighted by molar-refractivity contribution is -0.143. The Morgan fingerprint density at radius 1 is 0.900 bits per heavy atom. The molecule has 0 bridgehead atoms. The van der Waals surface area contributed by atoms with Gasteiger partial charge in [-0.05, 0) is 49.4 Å². The summed E-state index contributed by atoms with van der Waals surface area (Å²) < 4.78 is 86.4. The molecular weight excluding hydrogens is 544 g/mol. The highest BCUT2D eigenvalue weighted by molar-refractivity contribution is 5.95. The van der Waals surface area contributed by atoms with E-state index in [1.807, 2.05) is 6.92 Å². The summed E-state index contributed by atoms with van der Waals surface area (Å²) in [4.78, 5) is 24.6. The molecule has 0 saturated carbocycles. The number of aromatic nitrogens is 5. The molecule has 40 heavy (non-hydrogen) atoms. The summed E-state index contributed by atoms with van der Waals surface area (Å²) in [7, 11) is 0. The molecule has 1 amide bonds. The highest BCUT2D eigenvalue weighted by Gasteiger charge is 2.38. The summed E-state index contributed by atoms with van der Waals surface area (Å²) in [5.74, 6) is 0.205. The summed E-state index contributed by atoms with van der Waals surface area (Å²) in [6.45, 7) is 2.89. The molecule has 3 heterocycles. The number of hydrogen-bond donors (Lipinski definition) is 0. The smallest absolute Gasteiger partial charge is 0.416 e. The maximum absolute atomic E-state index is 13.2. The lowest BCUT2D eigenvalue weighted by atomic mass is 10.0. The van der Waals surface area contributed by atoms with Crippen LogP contribution < -0.4 is 9.64 Å². The van der Waals surface area contributed by atoms with E-state index in [2.05, 4.69) is 20.3 Å². The maximum Gasteiger partial charge on any atom is 0.416 e. The van der Waals surface area contributed by atoms with Crippen LogP contribution in [-0.2, 0) is 12.4 Å². The van der Waals surface area contributed by atoms with E-state index in [0.717, 1.165) is 0 Å². The van der Waals surface area contributed by atoms with Gasteiger partial charge in [0.15, 0.2) is 17.0 Å². The number of amides is 1. The fourth-order valence-electron chi connectivity index (χ4n) is 4.37. The number of halogens is 6. The normalized spacial score (nSPS) is 14.6. The van der Waals surface area contributed by atoms with E-state index >= 15 is 0 Å². The predicted octanol–water partition coefficient (Wildman–Crippen LogP) is 4.61. The Kier molecular flexibility index (Phi) is 6.98. The lowest BCUT2D eigenvalue weighted by Crippen LogP contribution is -2.49. The Morgan fingerprint density at radius 2 is 1.52 bits per heavy atom. The number of alkyl halides is 6. The number of ether oxygens (including phenoxy) is 1. The van der Waals surface area contributed by atoms with Gasteiger partial charge in [-0.25, -0.2) is 9.97 Å². The van der Waals surface area contributed by atoms with E-state index in [1.165, 1.54) is 15.9 Å². The van der Waals surface area contributed by atoms with Crippen LogP contribution in [-0.4, -0.2) is 68.6 Å². The van der Waals surface area contributed by atoms with Crippen molar-refractivity contribution in [1.29, 1.82) is 0 Å². The van der Waals surface area contributed by atoms with Crippen LogP contribution in [0.5, 0.6) is 5.75 Å². The van der Waals surface area contributed by atoms with Crippen LogP contribution in [0.2, 0.25) is 0 Å². The molecule has 0 atom stereocenters. The molecule has 9 nitrogen and oxygen atoms in total. The molecule has 4 aromatic rings. The highest BCUT2D eigenvalue weighted by Crippen LogP contribution is 2.36. The Balaban J connectivity index is 1.35. The van der Waals surface area contributed by atoms with Crippen molar-refractivity contribution in [1.82, 2.24) is 29.9 Å². The number of anilines is 1. The highest BCUT2D eigenvalue weighted by atomic mass is 19.4. The minimum absolute atomic E-state index is 0.00439. The van der Waals surface area contributed by atoms with E-state index in [4.69, 9.17) is 4.74 Å². The van der Waals surface area contributed by atoms with Crippen molar-refractivity contribution < 1.29 is 35.9 Å². The fraction of sp³-hybridized carbons (Fsp3) is 0.320. The van der Waals surface area contributed by atoms with Crippen molar-refractivity contribution in [2.75, 3.05) is 37.7 Å². The number of rotatable bonds is 5. The Labute approximate surface area is 223 Å². The minimum atomic E-state index is -5.05. The van der Waals surface area contributed by atoms with Gasteiger partial charge in [0.1, 0.15) is 12.1 Å². The van der Waals surface area contributed by atoms with Crippen molar-refractivity contribution in [2.24, 2.45) is 0 Å². The van der Waals surface area contributed by atoms with E-state index in [0.29, 0.717) is 47.2 Å². The number of fused-ring (bicyclic) bond motifs is 1. The lowest BCUT2D eigenvalue weighted by Gasteiger charge is -2.35. The van der Waals surface area contributed by atoms with E-state index in [1.54, 1.807) is 29.2 Å². The van der Waals surface area contributed by atoms with Gasteiger partial charge in [-0.2, -0.15) is 31.0 Å². The monoisotopic (exact) mass is 565 g/mol. The average Bonchev–Trinajstić information content (AvgIpc) is 3.37. The molecule has 2 aromatic carbocycles. The first-order valence-electron chi connectivity index (χ1n) is 12.1. The second-order valence-corrected chi connectivity index (χ2v) is 8.87. The van der Waals surface area contributed by atoms with Gasteiger partial charge in [-0.3, -0.25) is 4.79 Å². The summed E-state index contributed by atoms with van der Waals surface area (Å²) in [5.41, 5.74) is -2.25. The van der Waals surface area contributed by atoms with Crippen molar-refractivity contribution in [3.63, 3.8) is 0 Å². The second-order valence-electron chi connectivity index (χ2n) is 8.87. The zero-order valence-electron chi connectivity index (χ0n) is 20.9. The van der Waals surface area contributed by atoms with Crippen molar-refractivity contribution in [3.05, 3.63) is 65.5 Å². The summed E-state index contributed by atoms with van der Waals surface area (Å²) in [5, 5.41) is 8.40. The first kappa shape index (κ1) is 27.1. The third-order valence-electron chi connectivity index (χ3n) is 6.31. The third kappa shape index (κ3) is 5.35. The Morgan fingerprint density at radius 3 is 2.10 bits per heavy atom. The van der Waals surface area contributed by atoms with Gasteiger partial charge in [0.05, 0.1) is 23.4 Å². The first-order valence-corrected chi connectivity index (χ1v) is 12.1. The molecule has 0 unspecified atom stereocenters. The van der Waals surface area contributed by atoms with Crippen molar-refractivity contribution in [2.45, 2.75) is 19.3 Å². The zero-order valence-corrected chi connectivity index (χ0v) is 20.9. The van der Waals surface area contributed by atoms with Crippen LogP contribution in [0.4, 0.5) is 32.2 Å². The molecule has 210 valence electrons. The van der Waals surface area contributed by atoms with Crippen LogP contribution >= 0.6 is 0 Å². The van der Waals surface area contributed by atoms with Gasteiger partial charge >= 0.3 is 12.4 Å². The third-order valence-corrected chi connectivity index (χ3v) is 6.31. The summed E-state index contributed by atoms with van der Waals surface area (Å²) >= 11 is 0. The van der Waals surface area contributed by atoms with Crippen LogP contribution in [0, 0.1) is 0 Å². The quantitative estimate of drug-likeness (QED) is 0.327. The molecule has 0 spiro atoms. The molecule has 0 aliphatic carbocycles. The molecule has 2 aromatic heterocycles. The summed E-state index contributed by atoms with van der Waals surface area (Å²) in [6.07, 6.45) is -8.75. The van der Waals surface area contributed by atoms with E-state index in [-0.39, 0.29) is 32.2 Å². The molecular formula is C25H21F6N7O2. The van der Waals surface area contributed by atoms with Gasteiger partial charge in [-0.1, -0.05) is 5.21 Å². The molecule has 1 fully saturated rings. The largest absolute Gasteiger partial charge is 0.494 e. The number of carbonyl (C=O) groups is 1. The van der Waals surface area contributed by atoms with E-state index < -0.39 is 35.0 Å². The number of nitrogens with zero attached hydrogens (tertiary/aromatic N) is 7. The van der Waals surface area contributed by atoms with Crippen LogP contribution in [0.15, 0.2) is 48.8 Å². The molecule has 1 saturated heterocycles. The average molecular weight is 565 g/mol. The SMILES string of the molecule is CCOc1ccc(-n2nnc3c(N4CCN(C(=O)c5cc(C(F)(F)F)cc(C(F)(F)F)c5)CC4)ncnc32)cc1. The van der Waals surface area contributed by atoms with Crippen molar-refractivity contribution in [3.8, 4) is 11.4 Å². The zero-order chi connectivity index (χ0) is 28.7. The molecule has 15 heteroatoms. The van der Waals surface area contributed by atoms with Gasteiger partial charge in [0, 0.05) is 31.7 Å². The Bertz CT molecular complexity index is 1500. The van der Waals surface area contributed by atoms with E-state index in [9.17, 15) is 31.1 Å². The topological polar surface area (TPSA) is 89.3 Å². The number of carbonyl (C=O) groups excluding carboxylic acids is 1. The molecule has 0 N–H and O–H groups in total. The van der Waals surface area contributed by atoms with Gasteiger partial charge in [0.2, 0.25) is 0 Å². The molecule has 1 aliphatic heterocycles. The van der Waals surface area contributed by atoms with Gasteiger partial charge in [-0.15, -0.1) is 5.10 Å². The predicted molar refractivity (Wildman–Crippen MR) is 130 cm³/mol. The minimum Gasteiger partial charge on any atom is -0.494 e.